The van der Waals surface area contributed by atoms with Crippen molar-refractivity contribution in [3.63, 3.8) is 0 Å². The van der Waals surface area contributed by atoms with Gasteiger partial charge in [0.05, 0.1) is 11.4 Å². The Kier molecular flexibility index (Phi) is 4.13. The number of halogens is 1. The maximum atomic E-state index is 13.1. The first-order chi connectivity index (χ1) is 7.19. The van der Waals surface area contributed by atoms with Gasteiger partial charge in [0, 0.05) is 0 Å². The molecule has 0 unspecified atom stereocenters. The van der Waals surface area contributed by atoms with Crippen molar-refractivity contribution >= 4 is 23.4 Å². The normalized spacial score (nSPS) is 9.40. The molecule has 0 bridgehead atoms. The molecule has 0 radical (unpaired) electrons. The molecule has 0 saturated carbocycles. The summed E-state index contributed by atoms with van der Waals surface area (Å²) in [6.45, 7) is 0. The summed E-state index contributed by atoms with van der Waals surface area (Å²) in [4.78, 5) is 11.2. The van der Waals surface area contributed by atoms with Crippen LogP contribution in [0.2, 0.25) is 0 Å². The van der Waals surface area contributed by atoms with Crippen LogP contribution < -0.4 is 5.32 Å². The smallest absolute Gasteiger partial charge is 0.234 e. The predicted molar refractivity (Wildman–Crippen MR) is 58.1 cm³/mol. The van der Waals surface area contributed by atoms with Crippen LogP contribution in [0.25, 0.3) is 0 Å². The Morgan fingerprint density at radius 2 is 2.40 bits per heavy atom. The molecule has 78 valence electrons. The second-order valence-corrected chi connectivity index (χ2v) is 3.62. The molecular formula is C10H9FN2OS. The van der Waals surface area contributed by atoms with Crippen LogP contribution >= 0.6 is 11.8 Å². The highest BCUT2D eigenvalue weighted by molar-refractivity contribution is 7.99. The van der Waals surface area contributed by atoms with E-state index >= 15 is 0 Å². The van der Waals surface area contributed by atoms with E-state index in [0.717, 1.165) is 0 Å². The van der Waals surface area contributed by atoms with Gasteiger partial charge >= 0.3 is 0 Å². The zero-order valence-corrected chi connectivity index (χ0v) is 8.90. The number of nitrogens with zero attached hydrogens (tertiary/aromatic N) is 1. The molecule has 0 atom stereocenters. The van der Waals surface area contributed by atoms with Gasteiger partial charge in [-0.25, -0.2) is 4.39 Å². The first-order valence-corrected chi connectivity index (χ1v) is 5.56. The lowest BCUT2D eigenvalue weighted by Crippen LogP contribution is -2.15. The third-order valence-corrected chi connectivity index (χ3v) is 2.23. The molecule has 1 rings (SSSR count). The zero-order chi connectivity index (χ0) is 11.3. The average Bonchev–Trinajstić information content (AvgIpc) is 2.18. The largest absolute Gasteiger partial charge is 0.324 e. The van der Waals surface area contributed by atoms with Crippen LogP contribution in [0.3, 0.4) is 0 Å². The maximum Gasteiger partial charge on any atom is 0.234 e. The molecule has 1 aromatic carbocycles. The molecule has 0 aliphatic rings. The second kappa shape index (κ2) is 5.37. The fraction of sp³-hybridized carbons (Fsp3) is 0.200. The van der Waals surface area contributed by atoms with Gasteiger partial charge in [0.2, 0.25) is 5.91 Å². The van der Waals surface area contributed by atoms with Gasteiger partial charge < -0.3 is 5.32 Å². The summed E-state index contributed by atoms with van der Waals surface area (Å²) < 4.78 is 13.1. The number of nitriles is 1. The van der Waals surface area contributed by atoms with Crippen LogP contribution in [0, 0.1) is 17.1 Å². The lowest BCUT2D eigenvalue weighted by atomic mass is 10.2. The van der Waals surface area contributed by atoms with E-state index < -0.39 is 5.82 Å². The zero-order valence-electron chi connectivity index (χ0n) is 8.08. The molecule has 0 aliphatic heterocycles. The Morgan fingerprint density at radius 1 is 1.67 bits per heavy atom. The number of carbonyl (C=O) groups excluding carboxylic acids is 1. The van der Waals surface area contributed by atoms with Crippen molar-refractivity contribution in [2.75, 3.05) is 17.3 Å². The van der Waals surface area contributed by atoms with Crippen molar-refractivity contribution < 1.29 is 9.18 Å². The fourth-order valence-electron chi connectivity index (χ4n) is 1.06. The van der Waals surface area contributed by atoms with E-state index in [0.29, 0.717) is 0 Å². The predicted octanol–water partition coefficient (Wildman–Crippen LogP) is 2.00. The fourth-order valence-corrected chi connectivity index (χ4v) is 1.39. The van der Waals surface area contributed by atoms with Crippen molar-refractivity contribution in [3.05, 3.63) is 29.6 Å². The summed E-state index contributed by atoms with van der Waals surface area (Å²) in [5.74, 6) is -0.592. The molecular weight excluding hydrogens is 215 g/mol. The molecule has 5 heteroatoms. The van der Waals surface area contributed by atoms with Gasteiger partial charge in [0.1, 0.15) is 17.4 Å². The van der Waals surface area contributed by atoms with E-state index in [1.165, 1.54) is 30.0 Å². The van der Waals surface area contributed by atoms with E-state index in [1.807, 2.05) is 0 Å². The van der Waals surface area contributed by atoms with E-state index in [1.54, 1.807) is 12.3 Å². The minimum atomic E-state index is -0.626. The quantitative estimate of drug-likeness (QED) is 0.854. The highest BCUT2D eigenvalue weighted by Gasteiger charge is 2.09. The van der Waals surface area contributed by atoms with Crippen molar-refractivity contribution in [1.82, 2.24) is 0 Å². The molecule has 3 nitrogen and oxygen atoms in total. The highest BCUT2D eigenvalue weighted by atomic mass is 32.2. The number of nitrogens with one attached hydrogen (secondary N) is 1. The highest BCUT2D eigenvalue weighted by Crippen LogP contribution is 2.17. The minimum Gasteiger partial charge on any atom is -0.324 e. The molecule has 1 amide bonds. The number of hydrogen-bond donors (Lipinski definition) is 1. The summed E-state index contributed by atoms with van der Waals surface area (Å²) >= 11 is 1.36. The topological polar surface area (TPSA) is 52.9 Å². The summed E-state index contributed by atoms with van der Waals surface area (Å²) in [6, 6.07) is 5.85. The Morgan fingerprint density at radius 3 is 3.00 bits per heavy atom. The van der Waals surface area contributed by atoms with E-state index in [-0.39, 0.29) is 22.9 Å². The van der Waals surface area contributed by atoms with Crippen LogP contribution in [0.15, 0.2) is 18.2 Å². The minimum absolute atomic E-state index is 0.132. The van der Waals surface area contributed by atoms with E-state index in [9.17, 15) is 9.18 Å². The van der Waals surface area contributed by atoms with Gasteiger partial charge in [-0.15, -0.1) is 0 Å². The molecule has 15 heavy (non-hydrogen) atoms. The van der Waals surface area contributed by atoms with Crippen molar-refractivity contribution in [3.8, 4) is 6.07 Å². The first kappa shape index (κ1) is 11.5. The summed E-state index contributed by atoms with van der Waals surface area (Å²) in [7, 11) is 0. The SMILES string of the molecule is CSCC(=O)Nc1cccc(F)c1C#N. The van der Waals surface area contributed by atoms with Gasteiger partial charge in [0.15, 0.2) is 0 Å². The van der Waals surface area contributed by atoms with Gasteiger partial charge in [-0.2, -0.15) is 17.0 Å². The molecule has 0 saturated heterocycles. The molecule has 1 aromatic rings. The third-order valence-electron chi connectivity index (χ3n) is 1.67. The van der Waals surface area contributed by atoms with Crippen LogP contribution in [-0.2, 0) is 4.79 Å². The van der Waals surface area contributed by atoms with Gasteiger partial charge in [-0.1, -0.05) is 6.07 Å². The Bertz CT molecular complexity index is 414. The number of amides is 1. The Balaban J connectivity index is 2.91. The van der Waals surface area contributed by atoms with Crippen molar-refractivity contribution in [2.45, 2.75) is 0 Å². The number of rotatable bonds is 3. The van der Waals surface area contributed by atoms with Crippen molar-refractivity contribution in [2.24, 2.45) is 0 Å². The standard InChI is InChI=1S/C10H9FN2OS/c1-15-6-10(14)13-9-4-2-3-8(11)7(9)5-12/h2-4H,6H2,1H3,(H,13,14). The van der Waals surface area contributed by atoms with Crippen molar-refractivity contribution in [1.29, 1.82) is 5.26 Å². The second-order valence-electron chi connectivity index (χ2n) is 2.76. The van der Waals surface area contributed by atoms with Crippen LogP contribution in [0.1, 0.15) is 5.56 Å². The molecule has 0 aliphatic carbocycles. The van der Waals surface area contributed by atoms with Crippen LogP contribution in [0.4, 0.5) is 10.1 Å². The number of thioether (sulfide) groups is 1. The van der Waals surface area contributed by atoms with Crippen LogP contribution in [0.5, 0.6) is 0 Å². The molecule has 0 spiro atoms. The summed E-state index contributed by atoms with van der Waals surface area (Å²) in [5, 5.41) is 11.2. The lowest BCUT2D eigenvalue weighted by molar-refractivity contribution is -0.113. The van der Waals surface area contributed by atoms with E-state index in [2.05, 4.69) is 5.32 Å². The maximum absolute atomic E-state index is 13.1. The average molecular weight is 224 g/mol. The summed E-state index contributed by atoms with van der Waals surface area (Å²) in [5.41, 5.74) is 0.0866. The van der Waals surface area contributed by atoms with Gasteiger partial charge in [0.25, 0.3) is 0 Å². The van der Waals surface area contributed by atoms with Gasteiger partial charge in [-0.3, -0.25) is 4.79 Å². The Hall–Kier alpha value is -1.54. The number of benzene rings is 1. The monoisotopic (exact) mass is 224 g/mol. The lowest BCUT2D eigenvalue weighted by Gasteiger charge is -2.06. The number of anilines is 1. The summed E-state index contributed by atoms with van der Waals surface area (Å²) in [6.07, 6.45) is 1.79. The third kappa shape index (κ3) is 2.96. The molecule has 0 aromatic heterocycles. The van der Waals surface area contributed by atoms with Crippen LogP contribution in [-0.4, -0.2) is 17.9 Å². The van der Waals surface area contributed by atoms with E-state index in [4.69, 9.17) is 5.26 Å². The Labute approximate surface area is 91.3 Å². The molecule has 1 N–H and O–H groups in total. The van der Waals surface area contributed by atoms with Gasteiger partial charge in [-0.05, 0) is 18.4 Å². The number of hydrogen-bond acceptors (Lipinski definition) is 3. The number of carbonyl (C=O) groups is 1. The molecule has 0 heterocycles. The molecule has 0 fully saturated rings. The first-order valence-electron chi connectivity index (χ1n) is 4.16.